The molecule has 0 saturated heterocycles. The summed E-state index contributed by atoms with van der Waals surface area (Å²) in [4.78, 5) is 0. The van der Waals surface area contributed by atoms with E-state index < -0.39 is 0 Å². The van der Waals surface area contributed by atoms with Crippen LogP contribution in [-0.4, -0.2) is 11.7 Å². The second-order valence-electron chi connectivity index (χ2n) is 2.24. The lowest BCUT2D eigenvalue weighted by Crippen LogP contribution is -1.77. The van der Waals surface area contributed by atoms with Crippen LogP contribution in [0.25, 0.3) is 0 Å². The van der Waals surface area contributed by atoms with Crippen LogP contribution in [0.3, 0.4) is 0 Å². The van der Waals surface area contributed by atoms with E-state index in [2.05, 4.69) is 17.2 Å². The van der Waals surface area contributed by atoms with Gasteiger partial charge in [-0.15, -0.1) is 0 Å². The Morgan fingerprint density at radius 2 is 2.36 bits per heavy atom. The second kappa shape index (κ2) is 4.17. The summed E-state index contributed by atoms with van der Waals surface area (Å²) in [7, 11) is 0. The molecule has 0 amide bonds. The van der Waals surface area contributed by atoms with E-state index in [1.807, 2.05) is 12.3 Å². The Morgan fingerprint density at radius 3 is 2.91 bits per heavy atom. The third-order valence-electron chi connectivity index (χ3n) is 1.32. The quantitative estimate of drug-likeness (QED) is 0.631. The van der Waals surface area contributed by atoms with E-state index in [1.165, 1.54) is 5.56 Å². The molecule has 0 aromatic carbocycles. The summed E-state index contributed by atoms with van der Waals surface area (Å²) in [6.07, 6.45) is 0.565. The third-order valence-corrected chi connectivity index (χ3v) is 2.18. The van der Waals surface area contributed by atoms with Crippen LogP contribution >= 0.6 is 11.3 Å². The molecule has 0 unspecified atom stereocenters. The van der Waals surface area contributed by atoms with Crippen molar-refractivity contribution in [2.45, 2.75) is 13.3 Å². The summed E-state index contributed by atoms with van der Waals surface area (Å²) in [5.41, 5.74) is 2.31. The number of rotatable bonds is 1. The number of aliphatic hydroxyl groups excluding tert-OH is 1. The minimum Gasteiger partial charge on any atom is -0.395 e. The van der Waals surface area contributed by atoms with Gasteiger partial charge in [0, 0.05) is 17.4 Å². The Labute approximate surface area is 70.7 Å². The van der Waals surface area contributed by atoms with Crippen LogP contribution in [0.1, 0.15) is 17.5 Å². The summed E-state index contributed by atoms with van der Waals surface area (Å²) in [6, 6.07) is 0. The predicted molar refractivity (Wildman–Crippen MR) is 47.6 cm³/mol. The second-order valence-corrected chi connectivity index (χ2v) is 2.99. The fourth-order valence-electron chi connectivity index (χ4n) is 0.702. The summed E-state index contributed by atoms with van der Waals surface area (Å²) >= 11 is 1.66. The average Bonchev–Trinajstić information content (AvgIpc) is 2.37. The molecule has 0 radical (unpaired) electrons. The summed E-state index contributed by atoms with van der Waals surface area (Å²) in [5.74, 6) is 5.88. The first-order chi connectivity index (χ1) is 5.34. The number of thiophene rings is 1. The van der Waals surface area contributed by atoms with Crippen molar-refractivity contribution in [3.05, 3.63) is 21.9 Å². The molecule has 0 aliphatic heterocycles. The smallest absolute Gasteiger partial charge is 0.0540 e. The topological polar surface area (TPSA) is 20.2 Å². The molecular formula is C9H10OS. The van der Waals surface area contributed by atoms with Gasteiger partial charge in [0.1, 0.15) is 0 Å². The molecule has 0 spiro atoms. The van der Waals surface area contributed by atoms with Gasteiger partial charge < -0.3 is 5.11 Å². The van der Waals surface area contributed by atoms with Crippen molar-refractivity contribution < 1.29 is 5.11 Å². The molecule has 1 N–H and O–H groups in total. The molecule has 11 heavy (non-hydrogen) atoms. The fraction of sp³-hybridized carbons (Fsp3) is 0.333. The first-order valence-corrected chi connectivity index (χ1v) is 4.41. The lowest BCUT2D eigenvalue weighted by molar-refractivity contribution is 0.305. The van der Waals surface area contributed by atoms with E-state index >= 15 is 0 Å². The molecular weight excluding hydrogens is 156 g/mol. The maximum absolute atomic E-state index is 8.46. The number of aryl methyl sites for hydroxylation is 1. The molecule has 0 aliphatic rings. The predicted octanol–water partition coefficient (Wildman–Crippen LogP) is 1.79. The molecule has 1 aromatic rings. The lowest BCUT2D eigenvalue weighted by Gasteiger charge is -1.83. The highest BCUT2D eigenvalue weighted by molar-refractivity contribution is 7.08. The molecule has 2 heteroatoms. The normalized spacial score (nSPS) is 8.91. The molecule has 1 rings (SSSR count). The molecule has 1 nitrogen and oxygen atoms in total. The van der Waals surface area contributed by atoms with E-state index in [0.29, 0.717) is 6.42 Å². The van der Waals surface area contributed by atoms with Crippen molar-refractivity contribution in [1.82, 2.24) is 0 Å². The van der Waals surface area contributed by atoms with E-state index in [0.717, 1.165) is 5.56 Å². The first-order valence-electron chi connectivity index (χ1n) is 3.47. The summed E-state index contributed by atoms with van der Waals surface area (Å²) < 4.78 is 0. The Morgan fingerprint density at radius 1 is 1.55 bits per heavy atom. The van der Waals surface area contributed by atoms with Gasteiger partial charge in [-0.2, -0.15) is 11.3 Å². The third kappa shape index (κ3) is 2.38. The molecule has 0 bridgehead atoms. The largest absolute Gasteiger partial charge is 0.395 e. The van der Waals surface area contributed by atoms with Crippen LogP contribution in [0.2, 0.25) is 0 Å². The van der Waals surface area contributed by atoms with Crippen molar-refractivity contribution in [1.29, 1.82) is 0 Å². The van der Waals surface area contributed by atoms with Crippen LogP contribution in [0.4, 0.5) is 0 Å². The van der Waals surface area contributed by atoms with Gasteiger partial charge in [0.15, 0.2) is 0 Å². The molecule has 0 atom stereocenters. The minimum atomic E-state index is 0.149. The van der Waals surface area contributed by atoms with E-state index in [1.54, 1.807) is 11.3 Å². The standard InChI is InChI=1S/C9H10OS/c1-8-6-11-7-9(8)4-2-3-5-10/h6-7,10H,3,5H2,1H3. The highest BCUT2D eigenvalue weighted by atomic mass is 32.1. The maximum Gasteiger partial charge on any atom is 0.0540 e. The zero-order valence-corrected chi connectivity index (χ0v) is 7.24. The molecule has 0 saturated carbocycles. The van der Waals surface area contributed by atoms with Crippen molar-refractivity contribution in [2.24, 2.45) is 0 Å². The van der Waals surface area contributed by atoms with Crippen molar-refractivity contribution in [3.63, 3.8) is 0 Å². The number of aliphatic hydroxyl groups is 1. The molecule has 1 heterocycles. The van der Waals surface area contributed by atoms with E-state index in [4.69, 9.17) is 5.11 Å². The van der Waals surface area contributed by atoms with Gasteiger partial charge in [0.05, 0.1) is 6.61 Å². The number of hydrogen-bond donors (Lipinski definition) is 1. The van der Waals surface area contributed by atoms with Gasteiger partial charge in [-0.05, 0) is 17.9 Å². The fourth-order valence-corrected chi connectivity index (χ4v) is 1.48. The van der Waals surface area contributed by atoms with Crippen molar-refractivity contribution in [2.75, 3.05) is 6.61 Å². The lowest BCUT2D eigenvalue weighted by atomic mass is 10.2. The summed E-state index contributed by atoms with van der Waals surface area (Å²) in [6.45, 7) is 2.19. The Bertz CT molecular complexity index is 277. The van der Waals surface area contributed by atoms with Crippen LogP contribution in [0, 0.1) is 18.8 Å². The van der Waals surface area contributed by atoms with Gasteiger partial charge >= 0.3 is 0 Å². The van der Waals surface area contributed by atoms with Crippen molar-refractivity contribution >= 4 is 11.3 Å². The zero-order valence-electron chi connectivity index (χ0n) is 6.42. The van der Waals surface area contributed by atoms with Gasteiger partial charge in [0.25, 0.3) is 0 Å². The van der Waals surface area contributed by atoms with E-state index in [-0.39, 0.29) is 6.61 Å². The Balaban J connectivity index is 2.65. The Hall–Kier alpha value is -0.780. The highest BCUT2D eigenvalue weighted by Gasteiger charge is 1.91. The molecule has 0 fully saturated rings. The van der Waals surface area contributed by atoms with Gasteiger partial charge in [0.2, 0.25) is 0 Å². The average molecular weight is 166 g/mol. The van der Waals surface area contributed by atoms with Gasteiger partial charge in [-0.25, -0.2) is 0 Å². The van der Waals surface area contributed by atoms with Gasteiger partial charge in [-0.3, -0.25) is 0 Å². The monoisotopic (exact) mass is 166 g/mol. The zero-order chi connectivity index (χ0) is 8.10. The van der Waals surface area contributed by atoms with Crippen molar-refractivity contribution in [3.8, 4) is 11.8 Å². The van der Waals surface area contributed by atoms with Crippen LogP contribution in [0.5, 0.6) is 0 Å². The van der Waals surface area contributed by atoms with Gasteiger partial charge in [-0.1, -0.05) is 11.8 Å². The SMILES string of the molecule is Cc1cscc1C#CCCO. The molecule has 0 aliphatic carbocycles. The first kappa shape index (κ1) is 8.32. The highest BCUT2D eigenvalue weighted by Crippen LogP contribution is 2.11. The summed E-state index contributed by atoms with van der Waals surface area (Å²) in [5, 5.41) is 12.6. The van der Waals surface area contributed by atoms with Crippen LogP contribution < -0.4 is 0 Å². The number of hydrogen-bond acceptors (Lipinski definition) is 2. The minimum absolute atomic E-state index is 0.149. The molecule has 58 valence electrons. The van der Waals surface area contributed by atoms with Crippen LogP contribution in [0.15, 0.2) is 10.8 Å². The molecule has 1 aromatic heterocycles. The Kier molecular flexibility index (Phi) is 3.15. The van der Waals surface area contributed by atoms with E-state index in [9.17, 15) is 0 Å². The van der Waals surface area contributed by atoms with Crippen LogP contribution in [-0.2, 0) is 0 Å². The maximum atomic E-state index is 8.46.